The molecule has 29 heavy (non-hydrogen) atoms. The number of nitrogens with zero attached hydrogens (tertiary/aromatic N) is 5. The van der Waals surface area contributed by atoms with E-state index in [1.807, 2.05) is 18.2 Å². The van der Waals surface area contributed by atoms with Crippen molar-refractivity contribution in [1.82, 2.24) is 24.5 Å². The Morgan fingerprint density at radius 3 is 2.76 bits per heavy atom. The first kappa shape index (κ1) is 19.8. The van der Waals surface area contributed by atoms with Crippen molar-refractivity contribution < 1.29 is 13.2 Å². The van der Waals surface area contributed by atoms with E-state index in [1.165, 1.54) is 5.56 Å². The molecule has 4 rings (SSSR count). The van der Waals surface area contributed by atoms with Gasteiger partial charge in [0.15, 0.2) is 5.69 Å². The Morgan fingerprint density at radius 1 is 1.21 bits per heavy atom. The van der Waals surface area contributed by atoms with Gasteiger partial charge in [-0.1, -0.05) is 37.3 Å². The van der Waals surface area contributed by atoms with Gasteiger partial charge in [0.05, 0.1) is 5.69 Å². The highest BCUT2D eigenvalue weighted by Gasteiger charge is 2.36. The molecule has 3 heterocycles. The summed E-state index contributed by atoms with van der Waals surface area (Å²) < 4.78 is 41.2. The molecular weight excluding hydrogens is 379 g/mol. The summed E-state index contributed by atoms with van der Waals surface area (Å²) in [5.74, 6) is 0.419. The lowest BCUT2D eigenvalue weighted by Gasteiger charge is -2.33. The molecule has 1 fully saturated rings. The van der Waals surface area contributed by atoms with Crippen LogP contribution in [0.4, 0.5) is 13.2 Å². The van der Waals surface area contributed by atoms with Crippen LogP contribution in [-0.4, -0.2) is 44.1 Å². The lowest BCUT2D eigenvalue weighted by atomic mass is 9.92. The van der Waals surface area contributed by atoms with Crippen LogP contribution in [-0.2, 0) is 6.18 Å². The number of aromatic nitrogens is 4. The molecule has 2 aromatic heterocycles. The van der Waals surface area contributed by atoms with Gasteiger partial charge >= 0.3 is 6.18 Å². The molecule has 1 aliphatic rings. The van der Waals surface area contributed by atoms with E-state index in [0.717, 1.165) is 55.8 Å². The van der Waals surface area contributed by atoms with Crippen molar-refractivity contribution in [2.45, 2.75) is 44.2 Å². The average molecular weight is 403 g/mol. The molecule has 2 unspecified atom stereocenters. The number of likely N-dealkylation sites (tertiary alicyclic amines) is 1. The number of halogens is 3. The molecular formula is C21H24F3N5. The highest BCUT2D eigenvalue weighted by atomic mass is 19.4. The van der Waals surface area contributed by atoms with Gasteiger partial charge in [-0.3, -0.25) is 0 Å². The van der Waals surface area contributed by atoms with Crippen LogP contribution in [0.25, 0.3) is 5.78 Å². The van der Waals surface area contributed by atoms with Crippen molar-refractivity contribution in [3.8, 4) is 0 Å². The second-order valence-corrected chi connectivity index (χ2v) is 7.78. The maximum absolute atomic E-state index is 13.5. The Bertz CT molecular complexity index is 954. The number of hydrogen-bond acceptors (Lipinski definition) is 4. The summed E-state index contributed by atoms with van der Waals surface area (Å²) in [4.78, 5) is 10.6. The second kappa shape index (κ2) is 8.10. The molecule has 0 spiro atoms. The van der Waals surface area contributed by atoms with Gasteiger partial charge in [-0.2, -0.15) is 27.8 Å². The number of alkyl halides is 3. The van der Waals surface area contributed by atoms with E-state index in [-0.39, 0.29) is 11.7 Å². The number of benzene rings is 1. The van der Waals surface area contributed by atoms with E-state index in [1.54, 1.807) is 0 Å². The quantitative estimate of drug-likeness (QED) is 0.629. The van der Waals surface area contributed by atoms with Crippen LogP contribution < -0.4 is 0 Å². The summed E-state index contributed by atoms with van der Waals surface area (Å²) in [6, 6.07) is 11.5. The lowest BCUT2D eigenvalue weighted by Crippen LogP contribution is -2.36. The molecule has 3 aromatic rings. The molecule has 5 nitrogen and oxygen atoms in total. The van der Waals surface area contributed by atoms with Crippen molar-refractivity contribution in [3.05, 3.63) is 59.7 Å². The summed E-state index contributed by atoms with van der Waals surface area (Å²) in [7, 11) is 0. The largest absolute Gasteiger partial charge is 0.433 e. The van der Waals surface area contributed by atoms with E-state index in [9.17, 15) is 13.2 Å². The van der Waals surface area contributed by atoms with Crippen molar-refractivity contribution in [2.24, 2.45) is 0 Å². The lowest BCUT2D eigenvalue weighted by molar-refractivity contribution is -0.142. The molecule has 2 atom stereocenters. The molecule has 0 saturated carbocycles. The van der Waals surface area contributed by atoms with Crippen LogP contribution in [0.1, 0.15) is 55.0 Å². The molecule has 1 aliphatic heterocycles. The molecule has 0 N–H and O–H groups in total. The van der Waals surface area contributed by atoms with Crippen LogP contribution in [0.2, 0.25) is 0 Å². The van der Waals surface area contributed by atoms with Gasteiger partial charge in [0.2, 0.25) is 0 Å². The first-order chi connectivity index (χ1) is 13.9. The fourth-order valence-corrected chi connectivity index (χ4v) is 4.07. The van der Waals surface area contributed by atoms with E-state index < -0.39 is 11.9 Å². The minimum atomic E-state index is -4.50. The first-order valence-corrected chi connectivity index (χ1v) is 9.97. The molecule has 0 aliphatic carbocycles. The highest BCUT2D eigenvalue weighted by molar-refractivity contribution is 5.33. The van der Waals surface area contributed by atoms with Gasteiger partial charge in [-0.05, 0) is 49.9 Å². The predicted octanol–water partition coefficient (Wildman–Crippen LogP) is 4.52. The van der Waals surface area contributed by atoms with Crippen LogP contribution in [0.15, 0.2) is 42.7 Å². The molecule has 0 radical (unpaired) electrons. The fraction of sp³-hybridized carbons (Fsp3) is 0.476. The molecule has 1 saturated heterocycles. The van der Waals surface area contributed by atoms with Gasteiger partial charge in [-0.15, -0.1) is 0 Å². The minimum absolute atomic E-state index is 0.00430. The van der Waals surface area contributed by atoms with Crippen LogP contribution >= 0.6 is 0 Å². The third-order valence-electron chi connectivity index (χ3n) is 5.73. The minimum Gasteiger partial charge on any atom is -0.303 e. The molecule has 0 bridgehead atoms. The number of fused-ring (bicyclic) bond motifs is 1. The smallest absolute Gasteiger partial charge is 0.303 e. The molecule has 1 aromatic carbocycles. The predicted molar refractivity (Wildman–Crippen MR) is 104 cm³/mol. The maximum Gasteiger partial charge on any atom is 0.433 e. The van der Waals surface area contributed by atoms with Crippen molar-refractivity contribution in [1.29, 1.82) is 0 Å². The van der Waals surface area contributed by atoms with E-state index in [4.69, 9.17) is 0 Å². The van der Waals surface area contributed by atoms with E-state index >= 15 is 0 Å². The average Bonchev–Trinajstić information content (AvgIpc) is 3.20. The van der Waals surface area contributed by atoms with E-state index in [2.05, 4.69) is 39.0 Å². The Balaban J connectivity index is 1.47. The zero-order valence-electron chi connectivity index (χ0n) is 16.3. The number of hydrogen-bond donors (Lipinski definition) is 0. The van der Waals surface area contributed by atoms with Crippen LogP contribution in [0.5, 0.6) is 0 Å². The molecule has 154 valence electrons. The Labute approximate surface area is 167 Å². The van der Waals surface area contributed by atoms with Crippen molar-refractivity contribution in [3.63, 3.8) is 0 Å². The molecule has 0 amide bonds. The Morgan fingerprint density at radius 2 is 2.00 bits per heavy atom. The van der Waals surface area contributed by atoms with E-state index in [0.29, 0.717) is 11.6 Å². The zero-order chi connectivity index (χ0) is 20.4. The monoisotopic (exact) mass is 403 g/mol. The summed E-state index contributed by atoms with van der Waals surface area (Å²) in [6.07, 6.45) is -0.589. The maximum atomic E-state index is 13.5. The van der Waals surface area contributed by atoms with Crippen molar-refractivity contribution >= 4 is 5.78 Å². The Hall–Kier alpha value is -2.48. The fourth-order valence-electron chi connectivity index (χ4n) is 4.07. The highest BCUT2D eigenvalue weighted by Crippen LogP contribution is 2.33. The second-order valence-electron chi connectivity index (χ2n) is 7.78. The summed E-state index contributed by atoms with van der Waals surface area (Å²) in [5.41, 5.74) is 0.957. The van der Waals surface area contributed by atoms with Gasteiger partial charge in [0.1, 0.15) is 6.33 Å². The SMILES string of the molecule is CC(CCN1CCCC(c2cc(C(F)(F)F)n3ncnc3n2)C1)c1ccccc1. The number of piperidine rings is 1. The van der Waals surface area contributed by atoms with Crippen molar-refractivity contribution in [2.75, 3.05) is 19.6 Å². The van der Waals surface area contributed by atoms with Gasteiger partial charge in [0.25, 0.3) is 5.78 Å². The van der Waals surface area contributed by atoms with Crippen LogP contribution in [0, 0.1) is 0 Å². The Kier molecular flexibility index (Phi) is 5.54. The third kappa shape index (κ3) is 4.42. The topological polar surface area (TPSA) is 46.3 Å². The standard InChI is InChI=1S/C21H24F3N5/c1-15(16-6-3-2-4-7-16)9-11-28-10-5-8-17(13-28)18-12-19(21(22,23)24)29-20(27-18)25-14-26-29/h2-4,6-7,12,14-15,17H,5,8-11,13H2,1H3. The molecule has 8 heteroatoms. The number of rotatable bonds is 5. The zero-order valence-corrected chi connectivity index (χ0v) is 16.3. The van der Waals surface area contributed by atoms with Crippen LogP contribution in [0.3, 0.4) is 0 Å². The normalized spacial score (nSPS) is 19.5. The summed E-state index contributed by atoms with van der Waals surface area (Å²) in [6.45, 7) is 4.83. The van der Waals surface area contributed by atoms with Gasteiger partial charge in [-0.25, -0.2) is 4.98 Å². The summed E-state index contributed by atoms with van der Waals surface area (Å²) in [5, 5.41) is 3.68. The first-order valence-electron chi connectivity index (χ1n) is 9.97. The third-order valence-corrected chi connectivity index (χ3v) is 5.73. The van der Waals surface area contributed by atoms with Gasteiger partial charge in [0, 0.05) is 12.5 Å². The van der Waals surface area contributed by atoms with Gasteiger partial charge < -0.3 is 4.90 Å². The summed E-state index contributed by atoms with van der Waals surface area (Å²) >= 11 is 0.